The first kappa shape index (κ1) is 12.4. The van der Waals surface area contributed by atoms with Crippen LogP contribution in [0.1, 0.15) is 41.0 Å². The number of hydrogen-bond donors (Lipinski definition) is 0. The van der Waals surface area contributed by atoms with Crippen molar-refractivity contribution in [2.75, 3.05) is 0 Å². The minimum atomic E-state index is -0.614. The molecule has 0 aliphatic rings. The van der Waals surface area contributed by atoms with Crippen LogP contribution in [0.15, 0.2) is 0 Å². The molecule has 0 saturated heterocycles. The van der Waals surface area contributed by atoms with Gasteiger partial charge in [0.1, 0.15) is 0 Å². The van der Waals surface area contributed by atoms with Crippen molar-refractivity contribution in [1.82, 2.24) is 0 Å². The number of esters is 1. The van der Waals surface area contributed by atoms with Gasteiger partial charge in [0.15, 0.2) is 0 Å². The Kier molecular flexibility index (Phi) is 4.95. The van der Waals surface area contributed by atoms with Gasteiger partial charge in [-0.25, -0.2) is 4.89 Å². The van der Waals surface area contributed by atoms with Crippen LogP contribution < -0.4 is 0 Å². The van der Waals surface area contributed by atoms with Crippen LogP contribution >= 0.6 is 0 Å². The molecule has 13 heavy (non-hydrogen) atoms. The molecule has 0 aromatic carbocycles. The molecule has 78 valence electrons. The molecule has 0 aromatic rings. The van der Waals surface area contributed by atoms with Crippen molar-refractivity contribution >= 4 is 5.97 Å². The molecular formula is C9H18O4. The lowest BCUT2D eigenvalue weighted by Crippen LogP contribution is -2.26. The molecule has 0 aromatic heterocycles. The highest BCUT2D eigenvalue weighted by Crippen LogP contribution is 2.11. The maximum Gasteiger partial charge on any atom is 0.305 e. The van der Waals surface area contributed by atoms with Crippen LogP contribution in [0.4, 0.5) is 0 Å². The van der Waals surface area contributed by atoms with Gasteiger partial charge in [-0.1, -0.05) is 6.92 Å². The van der Waals surface area contributed by atoms with Crippen molar-refractivity contribution in [3.05, 3.63) is 0 Å². The highest BCUT2D eigenvalue weighted by molar-refractivity contribution is 5.65. The Balaban J connectivity index is 3.79. The quantitative estimate of drug-likeness (QED) is 0.294. The Morgan fingerprint density at radius 2 is 1.92 bits per heavy atom. The Morgan fingerprint density at radius 1 is 1.38 bits per heavy atom. The smallest absolute Gasteiger partial charge is 0.305 e. The molecule has 4 nitrogen and oxygen atoms in total. The van der Waals surface area contributed by atoms with Crippen molar-refractivity contribution in [1.29, 1.82) is 0 Å². The Hall–Kier alpha value is -0.610. The normalized spacial score (nSPS) is 13.9. The molecule has 0 amide bonds. The van der Waals surface area contributed by atoms with E-state index in [1.54, 1.807) is 0 Å². The molecule has 4 heteroatoms. The third kappa shape index (κ3) is 7.74. The SMILES string of the molecule is CCC(OOC(C)(C)C)OC(C)=O. The third-order valence-electron chi connectivity index (χ3n) is 1.04. The highest BCUT2D eigenvalue weighted by atomic mass is 17.2. The van der Waals surface area contributed by atoms with Gasteiger partial charge < -0.3 is 4.74 Å². The fraction of sp³-hybridized carbons (Fsp3) is 0.889. The largest absolute Gasteiger partial charge is 0.433 e. The fourth-order valence-corrected chi connectivity index (χ4v) is 0.554. The molecule has 0 heterocycles. The molecular weight excluding hydrogens is 172 g/mol. The number of rotatable bonds is 4. The first-order valence-electron chi connectivity index (χ1n) is 4.37. The standard InChI is InChI=1S/C9H18O4/c1-6-8(11-7(2)10)12-13-9(3,4)5/h8H,6H2,1-5H3. The predicted molar refractivity (Wildman–Crippen MR) is 47.8 cm³/mol. The molecule has 0 bridgehead atoms. The van der Waals surface area contributed by atoms with Crippen LogP contribution in [0.3, 0.4) is 0 Å². The monoisotopic (exact) mass is 190 g/mol. The molecule has 0 N–H and O–H groups in total. The summed E-state index contributed by atoms with van der Waals surface area (Å²) in [6.07, 6.45) is -0.0490. The predicted octanol–water partition coefficient (Wildman–Crippen LogP) is 2.03. The molecule has 0 fully saturated rings. The first-order valence-corrected chi connectivity index (χ1v) is 4.37. The number of carbonyl (C=O) groups is 1. The summed E-state index contributed by atoms with van der Waals surface area (Å²) in [6.45, 7) is 8.75. The zero-order valence-corrected chi connectivity index (χ0v) is 8.92. The maximum absolute atomic E-state index is 10.6. The van der Waals surface area contributed by atoms with Gasteiger partial charge in [0, 0.05) is 13.3 Å². The van der Waals surface area contributed by atoms with E-state index in [9.17, 15) is 4.79 Å². The van der Waals surface area contributed by atoms with Gasteiger partial charge in [0.2, 0.25) is 6.29 Å². The van der Waals surface area contributed by atoms with E-state index in [1.807, 2.05) is 27.7 Å². The molecule has 0 saturated carbocycles. The van der Waals surface area contributed by atoms with E-state index in [1.165, 1.54) is 6.92 Å². The lowest BCUT2D eigenvalue weighted by molar-refractivity contribution is -0.409. The van der Waals surface area contributed by atoms with Crippen LogP contribution in [-0.4, -0.2) is 17.9 Å². The molecule has 1 unspecified atom stereocenters. The van der Waals surface area contributed by atoms with Crippen molar-refractivity contribution in [3.63, 3.8) is 0 Å². The van der Waals surface area contributed by atoms with Gasteiger partial charge in [-0.3, -0.25) is 4.79 Å². The van der Waals surface area contributed by atoms with Crippen LogP contribution in [0, 0.1) is 0 Å². The van der Waals surface area contributed by atoms with E-state index in [0.29, 0.717) is 6.42 Å². The average molecular weight is 190 g/mol. The van der Waals surface area contributed by atoms with Gasteiger partial charge in [-0.15, -0.1) is 0 Å². The molecule has 1 atom stereocenters. The lowest BCUT2D eigenvalue weighted by Gasteiger charge is -2.21. The van der Waals surface area contributed by atoms with Gasteiger partial charge in [0.05, 0.1) is 5.60 Å². The second-order valence-electron chi connectivity index (χ2n) is 3.74. The zero-order chi connectivity index (χ0) is 10.5. The van der Waals surface area contributed by atoms with E-state index >= 15 is 0 Å². The van der Waals surface area contributed by atoms with Crippen LogP contribution in [0.2, 0.25) is 0 Å². The fourth-order valence-electron chi connectivity index (χ4n) is 0.554. The molecule has 0 aliphatic heterocycles. The van der Waals surface area contributed by atoms with Gasteiger partial charge in [-0.05, 0) is 20.8 Å². The minimum Gasteiger partial charge on any atom is -0.433 e. The average Bonchev–Trinajstić information content (AvgIpc) is 1.95. The summed E-state index contributed by atoms with van der Waals surface area (Å²) in [6, 6.07) is 0. The zero-order valence-electron chi connectivity index (χ0n) is 8.92. The van der Waals surface area contributed by atoms with Crippen molar-refractivity contribution < 1.29 is 19.3 Å². The van der Waals surface area contributed by atoms with Crippen molar-refractivity contribution in [2.45, 2.75) is 52.9 Å². The number of hydrogen-bond acceptors (Lipinski definition) is 4. The van der Waals surface area contributed by atoms with Crippen molar-refractivity contribution in [3.8, 4) is 0 Å². The van der Waals surface area contributed by atoms with E-state index in [4.69, 9.17) is 14.5 Å². The summed E-state index contributed by atoms with van der Waals surface area (Å²) in [4.78, 5) is 20.5. The second kappa shape index (κ2) is 5.19. The maximum atomic E-state index is 10.6. The Bertz CT molecular complexity index is 159. The molecule has 0 radical (unpaired) electrons. The van der Waals surface area contributed by atoms with Crippen LogP contribution in [0.5, 0.6) is 0 Å². The summed E-state index contributed by atoms with van der Waals surface area (Å²) >= 11 is 0. The summed E-state index contributed by atoms with van der Waals surface area (Å²) in [5.41, 5.74) is -0.395. The molecule has 0 aliphatic carbocycles. The highest BCUT2D eigenvalue weighted by Gasteiger charge is 2.17. The number of ether oxygens (including phenoxy) is 1. The Labute approximate surface area is 79.1 Å². The van der Waals surface area contributed by atoms with E-state index < -0.39 is 11.9 Å². The van der Waals surface area contributed by atoms with Crippen LogP contribution in [0.25, 0.3) is 0 Å². The van der Waals surface area contributed by atoms with Crippen LogP contribution in [-0.2, 0) is 19.3 Å². The summed E-state index contributed by atoms with van der Waals surface area (Å²) in [5, 5.41) is 0. The topological polar surface area (TPSA) is 44.8 Å². The number of carbonyl (C=O) groups excluding carboxylic acids is 1. The summed E-state index contributed by atoms with van der Waals surface area (Å²) in [5.74, 6) is -0.371. The lowest BCUT2D eigenvalue weighted by atomic mass is 10.2. The summed E-state index contributed by atoms with van der Waals surface area (Å²) in [7, 11) is 0. The first-order chi connectivity index (χ1) is 5.85. The molecule has 0 spiro atoms. The van der Waals surface area contributed by atoms with E-state index in [0.717, 1.165) is 0 Å². The molecule has 0 rings (SSSR count). The van der Waals surface area contributed by atoms with Gasteiger partial charge >= 0.3 is 5.97 Å². The van der Waals surface area contributed by atoms with E-state index in [-0.39, 0.29) is 5.97 Å². The van der Waals surface area contributed by atoms with Gasteiger partial charge in [-0.2, -0.15) is 4.89 Å². The Morgan fingerprint density at radius 3 is 2.23 bits per heavy atom. The minimum absolute atomic E-state index is 0.371. The van der Waals surface area contributed by atoms with E-state index in [2.05, 4.69) is 0 Å². The third-order valence-corrected chi connectivity index (χ3v) is 1.04. The second-order valence-corrected chi connectivity index (χ2v) is 3.74. The summed E-state index contributed by atoms with van der Waals surface area (Å²) < 4.78 is 4.81. The van der Waals surface area contributed by atoms with Crippen molar-refractivity contribution in [2.24, 2.45) is 0 Å². The van der Waals surface area contributed by atoms with Gasteiger partial charge in [0.25, 0.3) is 0 Å².